The molecule has 1 aromatic rings. The van der Waals surface area contributed by atoms with Crippen molar-refractivity contribution < 1.29 is 4.74 Å². The van der Waals surface area contributed by atoms with E-state index in [1.807, 2.05) is 12.1 Å². The van der Waals surface area contributed by atoms with Gasteiger partial charge in [0, 0.05) is 5.88 Å². The van der Waals surface area contributed by atoms with E-state index < -0.39 is 0 Å². The van der Waals surface area contributed by atoms with Gasteiger partial charge in [-0.05, 0) is 24.6 Å². The predicted molar refractivity (Wildman–Crippen MR) is 52.6 cm³/mol. The fourth-order valence-corrected chi connectivity index (χ4v) is 1.73. The summed E-state index contributed by atoms with van der Waals surface area (Å²) in [6, 6.07) is 6.07. The van der Waals surface area contributed by atoms with E-state index in [2.05, 4.69) is 13.0 Å². The summed E-state index contributed by atoms with van der Waals surface area (Å²) in [5.41, 5.74) is 6.67. The first-order chi connectivity index (χ1) is 5.77. The normalized spacial score (nSPS) is 9.92. The SMILES string of the molecule is COc1ccc(C)cc1SCN. The maximum absolute atomic E-state index is 5.44. The Hall–Kier alpha value is -0.670. The number of hydrogen-bond donors (Lipinski definition) is 1. The van der Waals surface area contributed by atoms with Crippen LogP contribution in [0.2, 0.25) is 0 Å². The van der Waals surface area contributed by atoms with Crippen molar-refractivity contribution in [2.24, 2.45) is 5.73 Å². The molecular weight excluding hydrogens is 170 g/mol. The van der Waals surface area contributed by atoms with Gasteiger partial charge in [0.25, 0.3) is 0 Å². The van der Waals surface area contributed by atoms with Crippen LogP contribution in [0.3, 0.4) is 0 Å². The van der Waals surface area contributed by atoms with Gasteiger partial charge in [0.05, 0.1) is 12.0 Å². The van der Waals surface area contributed by atoms with Crippen molar-refractivity contribution in [1.82, 2.24) is 0 Å². The zero-order chi connectivity index (χ0) is 8.97. The third-order valence-electron chi connectivity index (χ3n) is 1.56. The van der Waals surface area contributed by atoms with Crippen LogP contribution in [0.4, 0.5) is 0 Å². The van der Waals surface area contributed by atoms with Gasteiger partial charge in [-0.1, -0.05) is 6.07 Å². The van der Waals surface area contributed by atoms with Gasteiger partial charge in [-0.25, -0.2) is 0 Å². The zero-order valence-corrected chi connectivity index (χ0v) is 8.15. The quantitative estimate of drug-likeness (QED) is 0.575. The molecule has 0 aromatic heterocycles. The summed E-state index contributed by atoms with van der Waals surface area (Å²) in [6.45, 7) is 2.06. The first-order valence-corrected chi connectivity index (χ1v) is 4.74. The van der Waals surface area contributed by atoms with E-state index in [1.54, 1.807) is 18.9 Å². The highest BCUT2D eigenvalue weighted by Gasteiger charge is 2.01. The monoisotopic (exact) mass is 183 g/mol. The van der Waals surface area contributed by atoms with Gasteiger partial charge in [-0.15, -0.1) is 11.8 Å². The lowest BCUT2D eigenvalue weighted by Crippen LogP contribution is -1.94. The van der Waals surface area contributed by atoms with Crippen LogP contribution in [0.25, 0.3) is 0 Å². The van der Waals surface area contributed by atoms with Crippen LogP contribution in [0.15, 0.2) is 23.1 Å². The molecule has 0 fully saturated rings. The van der Waals surface area contributed by atoms with E-state index in [0.29, 0.717) is 5.88 Å². The predicted octanol–water partition coefficient (Wildman–Crippen LogP) is 2.01. The fraction of sp³-hybridized carbons (Fsp3) is 0.333. The molecule has 12 heavy (non-hydrogen) atoms. The average Bonchev–Trinajstić information content (AvgIpc) is 2.05. The summed E-state index contributed by atoms with van der Waals surface area (Å²) >= 11 is 1.59. The van der Waals surface area contributed by atoms with Crippen LogP contribution in [0.1, 0.15) is 5.56 Å². The van der Waals surface area contributed by atoms with Gasteiger partial charge < -0.3 is 10.5 Å². The summed E-state index contributed by atoms with van der Waals surface area (Å²) in [4.78, 5) is 1.11. The highest BCUT2D eigenvalue weighted by molar-refractivity contribution is 7.99. The molecule has 0 heterocycles. The molecule has 0 spiro atoms. The van der Waals surface area contributed by atoms with Gasteiger partial charge >= 0.3 is 0 Å². The van der Waals surface area contributed by atoms with Gasteiger partial charge in [0.2, 0.25) is 0 Å². The molecule has 0 bridgehead atoms. The average molecular weight is 183 g/mol. The number of benzene rings is 1. The summed E-state index contributed by atoms with van der Waals surface area (Å²) in [7, 11) is 1.67. The molecule has 0 unspecified atom stereocenters. The second-order valence-corrected chi connectivity index (χ2v) is 3.53. The smallest absolute Gasteiger partial charge is 0.132 e. The topological polar surface area (TPSA) is 35.2 Å². The number of aryl methyl sites for hydroxylation is 1. The molecule has 3 heteroatoms. The Morgan fingerprint density at radius 1 is 1.50 bits per heavy atom. The Morgan fingerprint density at radius 3 is 2.83 bits per heavy atom. The number of thioether (sulfide) groups is 1. The first kappa shape index (κ1) is 9.42. The molecule has 2 nitrogen and oxygen atoms in total. The molecule has 0 saturated carbocycles. The van der Waals surface area contributed by atoms with Crippen LogP contribution in [-0.2, 0) is 0 Å². The largest absolute Gasteiger partial charge is 0.496 e. The minimum absolute atomic E-state index is 0.583. The molecule has 1 rings (SSSR count). The van der Waals surface area contributed by atoms with Crippen molar-refractivity contribution in [2.75, 3.05) is 13.0 Å². The second-order valence-electron chi connectivity index (χ2n) is 2.47. The van der Waals surface area contributed by atoms with Gasteiger partial charge in [-0.2, -0.15) is 0 Å². The zero-order valence-electron chi connectivity index (χ0n) is 7.33. The standard InChI is InChI=1S/C9H13NOS/c1-7-3-4-8(11-2)9(5-7)12-6-10/h3-5H,6,10H2,1-2H3. The Balaban J connectivity index is 2.95. The fourth-order valence-electron chi connectivity index (χ4n) is 0.986. The van der Waals surface area contributed by atoms with E-state index in [-0.39, 0.29) is 0 Å². The van der Waals surface area contributed by atoms with Crippen molar-refractivity contribution in [3.63, 3.8) is 0 Å². The van der Waals surface area contributed by atoms with Crippen LogP contribution < -0.4 is 10.5 Å². The summed E-state index contributed by atoms with van der Waals surface area (Å²) in [6.07, 6.45) is 0. The highest BCUT2D eigenvalue weighted by atomic mass is 32.2. The number of rotatable bonds is 3. The van der Waals surface area contributed by atoms with Crippen molar-refractivity contribution >= 4 is 11.8 Å². The summed E-state index contributed by atoms with van der Waals surface area (Å²) < 4.78 is 5.18. The van der Waals surface area contributed by atoms with Crippen molar-refractivity contribution in [3.8, 4) is 5.75 Å². The Kier molecular flexibility index (Phi) is 3.44. The molecule has 2 N–H and O–H groups in total. The number of hydrogen-bond acceptors (Lipinski definition) is 3. The van der Waals surface area contributed by atoms with Crippen molar-refractivity contribution in [1.29, 1.82) is 0 Å². The van der Waals surface area contributed by atoms with E-state index in [0.717, 1.165) is 10.6 Å². The van der Waals surface area contributed by atoms with E-state index in [9.17, 15) is 0 Å². The minimum Gasteiger partial charge on any atom is -0.496 e. The lowest BCUT2D eigenvalue weighted by molar-refractivity contribution is 0.404. The molecule has 1 aromatic carbocycles. The van der Waals surface area contributed by atoms with Crippen LogP contribution >= 0.6 is 11.8 Å². The molecule has 0 aliphatic rings. The molecule has 0 amide bonds. The summed E-state index contributed by atoms with van der Waals surface area (Å²) in [5.74, 6) is 1.48. The van der Waals surface area contributed by atoms with E-state index in [4.69, 9.17) is 10.5 Å². The first-order valence-electron chi connectivity index (χ1n) is 3.75. The van der Waals surface area contributed by atoms with Crippen LogP contribution in [0.5, 0.6) is 5.75 Å². The summed E-state index contributed by atoms with van der Waals surface area (Å²) in [5, 5.41) is 0. The van der Waals surface area contributed by atoms with E-state index >= 15 is 0 Å². The van der Waals surface area contributed by atoms with Gasteiger partial charge in [-0.3, -0.25) is 0 Å². The molecule has 0 aliphatic carbocycles. The molecule has 0 aliphatic heterocycles. The minimum atomic E-state index is 0.583. The third kappa shape index (κ3) is 2.16. The number of nitrogens with two attached hydrogens (primary N) is 1. The molecule has 0 saturated heterocycles. The number of ether oxygens (including phenoxy) is 1. The Morgan fingerprint density at radius 2 is 2.25 bits per heavy atom. The van der Waals surface area contributed by atoms with Crippen molar-refractivity contribution in [3.05, 3.63) is 23.8 Å². The molecule has 0 atom stereocenters. The molecule has 66 valence electrons. The van der Waals surface area contributed by atoms with Gasteiger partial charge in [0.15, 0.2) is 0 Å². The maximum Gasteiger partial charge on any atom is 0.132 e. The van der Waals surface area contributed by atoms with Gasteiger partial charge in [0.1, 0.15) is 5.75 Å². The molecule has 0 radical (unpaired) electrons. The Labute approximate surface area is 77.1 Å². The molecular formula is C9H13NOS. The highest BCUT2D eigenvalue weighted by Crippen LogP contribution is 2.28. The maximum atomic E-state index is 5.44. The third-order valence-corrected chi connectivity index (χ3v) is 2.35. The van der Waals surface area contributed by atoms with Crippen LogP contribution in [0, 0.1) is 6.92 Å². The lowest BCUT2D eigenvalue weighted by atomic mass is 10.2. The van der Waals surface area contributed by atoms with E-state index in [1.165, 1.54) is 5.56 Å². The Bertz CT molecular complexity index is 263. The van der Waals surface area contributed by atoms with Crippen molar-refractivity contribution in [2.45, 2.75) is 11.8 Å². The number of methoxy groups -OCH3 is 1. The second kappa shape index (κ2) is 4.38. The van der Waals surface area contributed by atoms with Crippen LogP contribution in [-0.4, -0.2) is 13.0 Å². The lowest BCUT2D eigenvalue weighted by Gasteiger charge is -2.07.